The quantitative estimate of drug-likeness (QED) is 0.366. The second kappa shape index (κ2) is 8.63. The van der Waals surface area contributed by atoms with Gasteiger partial charge >= 0.3 is 6.18 Å². The van der Waals surface area contributed by atoms with Crippen LogP contribution in [0.1, 0.15) is 25.3 Å². The Morgan fingerprint density at radius 1 is 1.00 bits per heavy atom. The van der Waals surface area contributed by atoms with Crippen molar-refractivity contribution < 1.29 is 22.4 Å². The summed E-state index contributed by atoms with van der Waals surface area (Å²) in [6.07, 6.45) is -2.32. The van der Waals surface area contributed by atoms with Gasteiger partial charge in [-0.3, -0.25) is 5.10 Å². The lowest BCUT2D eigenvalue weighted by Crippen LogP contribution is -2.04. The van der Waals surface area contributed by atoms with Crippen molar-refractivity contribution in [3.05, 3.63) is 60.2 Å². The molecule has 4 rings (SSSR count). The monoisotopic (exact) mass is 428 g/mol. The van der Waals surface area contributed by atoms with Crippen molar-refractivity contribution in [2.24, 2.45) is 0 Å². The molecule has 0 aliphatic rings. The van der Waals surface area contributed by atoms with E-state index in [0.29, 0.717) is 23.6 Å². The van der Waals surface area contributed by atoms with Gasteiger partial charge in [-0.1, -0.05) is 30.6 Å². The summed E-state index contributed by atoms with van der Waals surface area (Å²) >= 11 is 0. The highest BCUT2D eigenvalue weighted by atomic mass is 19.4. The lowest BCUT2D eigenvalue weighted by Gasteiger charge is -2.05. The van der Waals surface area contributed by atoms with Crippen LogP contribution in [0.25, 0.3) is 34.2 Å². The minimum Gasteiger partial charge on any atom is -0.494 e. The van der Waals surface area contributed by atoms with Gasteiger partial charge in [0.05, 0.1) is 17.9 Å². The molecule has 9 heteroatoms. The van der Waals surface area contributed by atoms with Crippen molar-refractivity contribution in [2.75, 3.05) is 6.61 Å². The van der Waals surface area contributed by atoms with Crippen molar-refractivity contribution >= 4 is 0 Å². The number of hydrogen-bond acceptors (Lipinski definition) is 5. The molecule has 6 nitrogen and oxygen atoms in total. The van der Waals surface area contributed by atoms with E-state index in [9.17, 15) is 13.2 Å². The molecule has 0 bridgehead atoms. The number of unbranched alkanes of at least 4 members (excludes halogenated alkanes) is 1. The molecule has 0 radical (unpaired) electrons. The molecule has 4 aromatic rings. The summed E-state index contributed by atoms with van der Waals surface area (Å²) < 4.78 is 49.1. The number of H-pyrrole nitrogens is 1. The zero-order valence-electron chi connectivity index (χ0n) is 16.6. The molecular weight excluding hydrogens is 409 g/mol. The van der Waals surface area contributed by atoms with Crippen LogP contribution in [0.3, 0.4) is 0 Å². The van der Waals surface area contributed by atoms with E-state index >= 15 is 0 Å². The fraction of sp³-hybridized carbons (Fsp3) is 0.227. The molecule has 2 aromatic carbocycles. The van der Waals surface area contributed by atoms with Gasteiger partial charge in [0.25, 0.3) is 5.89 Å². The molecule has 0 fully saturated rings. The molecule has 0 aliphatic carbocycles. The summed E-state index contributed by atoms with van der Waals surface area (Å²) in [7, 11) is 0. The Bertz CT molecular complexity index is 1130. The van der Waals surface area contributed by atoms with Crippen molar-refractivity contribution in [3.8, 4) is 40.0 Å². The van der Waals surface area contributed by atoms with E-state index in [1.807, 2.05) is 24.3 Å². The largest absolute Gasteiger partial charge is 0.494 e. The number of rotatable bonds is 7. The maximum Gasteiger partial charge on any atom is 0.416 e. The molecule has 0 spiro atoms. The summed E-state index contributed by atoms with van der Waals surface area (Å²) in [5.41, 5.74) is 1.75. The summed E-state index contributed by atoms with van der Waals surface area (Å²) in [6.45, 7) is 2.79. The number of nitrogens with zero attached hydrogens (tertiary/aromatic N) is 3. The Morgan fingerprint density at radius 3 is 2.39 bits per heavy atom. The Hall–Kier alpha value is -3.62. The third kappa shape index (κ3) is 4.76. The summed E-state index contributed by atoms with van der Waals surface area (Å²) in [5, 5.41) is 11.0. The van der Waals surface area contributed by atoms with Gasteiger partial charge in [-0.15, -0.1) is 0 Å². The second-order valence-electron chi connectivity index (χ2n) is 6.89. The Kier molecular flexibility index (Phi) is 5.75. The van der Waals surface area contributed by atoms with Crippen molar-refractivity contribution in [1.82, 2.24) is 20.3 Å². The maximum absolute atomic E-state index is 12.7. The van der Waals surface area contributed by atoms with Crippen molar-refractivity contribution in [2.45, 2.75) is 25.9 Å². The Morgan fingerprint density at radius 2 is 1.71 bits per heavy atom. The number of ether oxygens (including phenoxy) is 1. The lowest BCUT2D eigenvalue weighted by molar-refractivity contribution is -0.137. The molecule has 160 valence electrons. The van der Waals surface area contributed by atoms with E-state index in [4.69, 9.17) is 9.26 Å². The average Bonchev–Trinajstić information content (AvgIpc) is 3.44. The SMILES string of the molecule is CCCCOc1ccc(-c2cc(-c3nc(-c4ccc(C(F)(F)F)cc4)no3)[nH]n2)cc1. The number of nitrogens with one attached hydrogen (secondary N) is 1. The number of hydrogen-bond donors (Lipinski definition) is 1. The first-order valence-corrected chi connectivity index (χ1v) is 9.74. The number of aromatic amines is 1. The van der Waals surface area contributed by atoms with E-state index < -0.39 is 11.7 Å². The van der Waals surface area contributed by atoms with Crippen LogP contribution in [-0.4, -0.2) is 26.9 Å². The van der Waals surface area contributed by atoms with Crippen LogP contribution in [0.2, 0.25) is 0 Å². The zero-order chi connectivity index (χ0) is 21.8. The highest BCUT2D eigenvalue weighted by Gasteiger charge is 2.30. The third-order valence-corrected chi connectivity index (χ3v) is 4.62. The topological polar surface area (TPSA) is 76.8 Å². The molecule has 0 saturated carbocycles. The Balaban J connectivity index is 1.48. The van der Waals surface area contributed by atoms with Crippen LogP contribution in [0, 0.1) is 0 Å². The smallest absolute Gasteiger partial charge is 0.416 e. The maximum atomic E-state index is 12.7. The van der Waals surface area contributed by atoms with E-state index in [1.165, 1.54) is 12.1 Å². The lowest BCUT2D eigenvalue weighted by atomic mass is 10.1. The third-order valence-electron chi connectivity index (χ3n) is 4.62. The highest BCUT2D eigenvalue weighted by Crippen LogP contribution is 2.31. The number of aromatic nitrogens is 4. The fourth-order valence-electron chi connectivity index (χ4n) is 2.89. The first kappa shape index (κ1) is 20.6. The zero-order valence-corrected chi connectivity index (χ0v) is 16.6. The van der Waals surface area contributed by atoms with Gasteiger partial charge in [-0.25, -0.2) is 0 Å². The van der Waals surface area contributed by atoms with Crippen LogP contribution in [-0.2, 0) is 6.18 Å². The van der Waals surface area contributed by atoms with Crippen LogP contribution >= 0.6 is 0 Å². The first-order valence-electron chi connectivity index (χ1n) is 9.74. The fourth-order valence-corrected chi connectivity index (χ4v) is 2.89. The predicted octanol–water partition coefficient (Wildman–Crippen LogP) is 5.99. The molecule has 0 amide bonds. The Labute approximate surface area is 176 Å². The summed E-state index contributed by atoms with van der Waals surface area (Å²) in [5.74, 6) is 1.17. The van der Waals surface area contributed by atoms with E-state index in [1.54, 1.807) is 6.07 Å². The van der Waals surface area contributed by atoms with E-state index in [2.05, 4.69) is 27.3 Å². The number of alkyl halides is 3. The van der Waals surface area contributed by atoms with Crippen LogP contribution in [0.5, 0.6) is 5.75 Å². The van der Waals surface area contributed by atoms with Crippen LogP contribution in [0.4, 0.5) is 13.2 Å². The standard InChI is InChI=1S/C22H19F3N4O2/c1-2-3-12-30-17-10-6-14(7-11-17)18-13-19(28-27-18)21-26-20(29-31-21)15-4-8-16(9-5-15)22(23,24)25/h4-11,13H,2-3,12H2,1H3,(H,27,28). The molecule has 31 heavy (non-hydrogen) atoms. The van der Waals surface area contributed by atoms with Crippen LogP contribution < -0.4 is 4.74 Å². The second-order valence-corrected chi connectivity index (χ2v) is 6.89. The van der Waals surface area contributed by atoms with Gasteiger partial charge in [0, 0.05) is 11.1 Å². The van der Waals surface area contributed by atoms with Gasteiger partial charge in [0.15, 0.2) is 0 Å². The molecule has 2 heterocycles. The molecular formula is C22H19F3N4O2. The first-order chi connectivity index (χ1) is 14.9. The van der Waals surface area contributed by atoms with E-state index in [0.717, 1.165) is 36.3 Å². The molecule has 0 saturated heterocycles. The minimum atomic E-state index is -4.40. The van der Waals surface area contributed by atoms with Crippen LogP contribution in [0.15, 0.2) is 59.1 Å². The molecule has 0 atom stereocenters. The molecule has 2 aromatic heterocycles. The minimum absolute atomic E-state index is 0.188. The van der Waals surface area contributed by atoms with Gasteiger partial charge in [0.1, 0.15) is 11.4 Å². The molecule has 0 unspecified atom stereocenters. The molecule has 0 aliphatic heterocycles. The van der Waals surface area contributed by atoms with Gasteiger partial charge < -0.3 is 9.26 Å². The summed E-state index contributed by atoms with van der Waals surface area (Å²) in [4.78, 5) is 4.26. The molecule has 1 N–H and O–H groups in total. The highest BCUT2D eigenvalue weighted by molar-refractivity contribution is 5.66. The normalized spacial score (nSPS) is 11.6. The van der Waals surface area contributed by atoms with Crippen molar-refractivity contribution in [3.63, 3.8) is 0 Å². The van der Waals surface area contributed by atoms with Gasteiger partial charge in [-0.2, -0.15) is 23.3 Å². The van der Waals surface area contributed by atoms with Gasteiger partial charge in [-0.05, 0) is 48.9 Å². The summed E-state index contributed by atoms with van der Waals surface area (Å²) in [6, 6.07) is 13.9. The van der Waals surface area contributed by atoms with Crippen molar-refractivity contribution in [1.29, 1.82) is 0 Å². The average molecular weight is 428 g/mol. The number of benzene rings is 2. The van der Waals surface area contributed by atoms with Gasteiger partial charge in [0.2, 0.25) is 5.82 Å². The predicted molar refractivity (Wildman–Crippen MR) is 108 cm³/mol. The van der Waals surface area contributed by atoms with E-state index in [-0.39, 0.29) is 11.7 Å². The number of halogens is 3.